The number of carboxylic acids is 1. The number of carbonyl (C=O) groups is 1. The Balaban J connectivity index is 2.53. The monoisotopic (exact) mass is 251 g/mol. The number of halogens is 1. The van der Waals surface area contributed by atoms with Gasteiger partial charge in [-0.25, -0.2) is 0 Å². The van der Waals surface area contributed by atoms with E-state index in [0.29, 0.717) is 5.02 Å². The third-order valence-corrected chi connectivity index (χ3v) is 3.28. The van der Waals surface area contributed by atoms with Crippen LogP contribution >= 0.6 is 11.6 Å². The van der Waals surface area contributed by atoms with Crippen LogP contribution in [-0.2, 0) is 10.2 Å². The molecule has 0 aliphatic carbocycles. The first kappa shape index (κ1) is 12.0. The van der Waals surface area contributed by atoms with Crippen molar-refractivity contribution in [2.75, 3.05) is 0 Å². The number of aromatic amines is 1. The van der Waals surface area contributed by atoms with Gasteiger partial charge in [0.05, 0.1) is 6.42 Å². The van der Waals surface area contributed by atoms with Crippen LogP contribution in [0.4, 0.5) is 0 Å². The van der Waals surface area contributed by atoms with Crippen molar-refractivity contribution in [1.82, 2.24) is 4.98 Å². The zero-order chi connectivity index (χ0) is 12.6. The molecule has 4 heteroatoms. The van der Waals surface area contributed by atoms with Crippen molar-refractivity contribution in [3.8, 4) is 0 Å². The second-order valence-electron chi connectivity index (χ2n) is 4.85. The van der Waals surface area contributed by atoms with Crippen LogP contribution in [0.15, 0.2) is 24.4 Å². The van der Waals surface area contributed by atoms with E-state index in [9.17, 15) is 4.79 Å². The van der Waals surface area contributed by atoms with Gasteiger partial charge in [0.1, 0.15) is 0 Å². The van der Waals surface area contributed by atoms with Gasteiger partial charge in [-0.2, -0.15) is 0 Å². The van der Waals surface area contributed by atoms with Crippen LogP contribution in [0.5, 0.6) is 0 Å². The summed E-state index contributed by atoms with van der Waals surface area (Å²) in [7, 11) is 0. The van der Waals surface area contributed by atoms with E-state index in [-0.39, 0.29) is 6.42 Å². The van der Waals surface area contributed by atoms with Gasteiger partial charge in [-0.3, -0.25) is 4.79 Å². The number of hydrogen-bond acceptors (Lipinski definition) is 1. The lowest BCUT2D eigenvalue weighted by molar-refractivity contribution is -0.138. The molecule has 1 aromatic heterocycles. The lowest BCUT2D eigenvalue weighted by Gasteiger charge is -2.24. The molecule has 0 bridgehead atoms. The van der Waals surface area contributed by atoms with Crippen LogP contribution in [0.1, 0.15) is 25.8 Å². The molecule has 0 atom stereocenters. The molecule has 0 saturated carbocycles. The van der Waals surface area contributed by atoms with E-state index in [1.807, 2.05) is 38.2 Å². The minimum absolute atomic E-state index is 0.0545. The fourth-order valence-electron chi connectivity index (χ4n) is 2.06. The highest BCUT2D eigenvalue weighted by molar-refractivity contribution is 6.32. The molecule has 0 radical (unpaired) electrons. The van der Waals surface area contributed by atoms with Gasteiger partial charge < -0.3 is 10.1 Å². The molecule has 1 heterocycles. The molecule has 2 aromatic rings. The standard InChI is InChI=1S/C13H14ClNO2/c1-13(2,7-12(16)17)9-6-11-8(3-4-15-11)5-10(9)14/h3-6,15H,7H2,1-2H3,(H,16,17). The quantitative estimate of drug-likeness (QED) is 0.876. The van der Waals surface area contributed by atoms with E-state index in [2.05, 4.69) is 4.98 Å². The van der Waals surface area contributed by atoms with E-state index in [1.54, 1.807) is 0 Å². The van der Waals surface area contributed by atoms with E-state index in [0.717, 1.165) is 16.5 Å². The summed E-state index contributed by atoms with van der Waals surface area (Å²) in [4.78, 5) is 14.0. The zero-order valence-electron chi connectivity index (χ0n) is 9.75. The molecule has 0 amide bonds. The van der Waals surface area contributed by atoms with Crippen molar-refractivity contribution in [1.29, 1.82) is 0 Å². The van der Waals surface area contributed by atoms with Crippen LogP contribution in [0, 0.1) is 0 Å². The highest BCUT2D eigenvalue weighted by Gasteiger charge is 2.26. The molecular formula is C13H14ClNO2. The second kappa shape index (κ2) is 4.08. The van der Waals surface area contributed by atoms with Crippen molar-refractivity contribution in [3.63, 3.8) is 0 Å². The van der Waals surface area contributed by atoms with Gasteiger partial charge in [0.15, 0.2) is 0 Å². The lowest BCUT2D eigenvalue weighted by atomic mass is 9.81. The minimum atomic E-state index is -0.822. The topological polar surface area (TPSA) is 53.1 Å². The van der Waals surface area contributed by atoms with Crippen LogP contribution in [-0.4, -0.2) is 16.1 Å². The molecule has 3 nitrogen and oxygen atoms in total. The Morgan fingerprint density at radius 2 is 2.18 bits per heavy atom. The van der Waals surface area contributed by atoms with E-state index in [4.69, 9.17) is 16.7 Å². The number of benzene rings is 1. The van der Waals surface area contributed by atoms with E-state index < -0.39 is 11.4 Å². The second-order valence-corrected chi connectivity index (χ2v) is 5.26. The Morgan fingerprint density at radius 1 is 1.47 bits per heavy atom. The van der Waals surface area contributed by atoms with Gasteiger partial charge in [0.25, 0.3) is 0 Å². The van der Waals surface area contributed by atoms with Crippen molar-refractivity contribution in [2.24, 2.45) is 0 Å². The van der Waals surface area contributed by atoms with E-state index in [1.165, 1.54) is 0 Å². The van der Waals surface area contributed by atoms with Gasteiger partial charge in [0, 0.05) is 27.5 Å². The molecule has 1 aromatic carbocycles. The van der Waals surface area contributed by atoms with Crippen LogP contribution in [0.3, 0.4) is 0 Å². The Hall–Kier alpha value is -1.48. The fourth-order valence-corrected chi connectivity index (χ4v) is 2.49. The van der Waals surface area contributed by atoms with Gasteiger partial charge in [-0.1, -0.05) is 25.4 Å². The Labute approximate surface area is 104 Å². The SMILES string of the molecule is CC(C)(CC(=O)O)c1cc2[nH]ccc2cc1Cl. The highest BCUT2D eigenvalue weighted by atomic mass is 35.5. The molecule has 0 saturated heterocycles. The largest absolute Gasteiger partial charge is 0.481 e. The molecular weight excluding hydrogens is 238 g/mol. The number of rotatable bonds is 3. The molecule has 0 aliphatic heterocycles. The molecule has 0 unspecified atom stereocenters. The summed E-state index contributed by atoms with van der Waals surface area (Å²) in [5.74, 6) is -0.822. The molecule has 0 fully saturated rings. The van der Waals surface area contributed by atoms with Crippen molar-refractivity contribution >= 4 is 28.5 Å². The summed E-state index contributed by atoms with van der Waals surface area (Å²) in [6.45, 7) is 3.77. The van der Waals surface area contributed by atoms with E-state index >= 15 is 0 Å². The molecule has 0 spiro atoms. The van der Waals surface area contributed by atoms with Crippen molar-refractivity contribution < 1.29 is 9.90 Å². The Kier molecular flexibility index (Phi) is 2.87. The number of hydrogen-bond donors (Lipinski definition) is 2. The predicted octanol–water partition coefficient (Wildman–Crippen LogP) is 3.57. The molecule has 90 valence electrons. The number of aromatic nitrogens is 1. The summed E-state index contributed by atoms with van der Waals surface area (Å²) in [6.07, 6.45) is 1.90. The molecule has 2 N–H and O–H groups in total. The average Bonchev–Trinajstić information content (AvgIpc) is 2.60. The summed E-state index contributed by atoms with van der Waals surface area (Å²) in [5.41, 5.74) is 1.35. The molecule has 17 heavy (non-hydrogen) atoms. The van der Waals surface area contributed by atoms with Crippen LogP contribution < -0.4 is 0 Å². The normalized spacial score (nSPS) is 11.9. The number of H-pyrrole nitrogens is 1. The molecule has 2 rings (SSSR count). The van der Waals surface area contributed by atoms with Gasteiger partial charge in [-0.15, -0.1) is 0 Å². The minimum Gasteiger partial charge on any atom is -0.481 e. The Bertz CT molecular complexity index is 572. The number of aliphatic carboxylic acids is 1. The summed E-state index contributed by atoms with van der Waals surface area (Å²) in [5, 5.41) is 10.6. The van der Waals surface area contributed by atoms with Crippen molar-refractivity contribution in [2.45, 2.75) is 25.7 Å². The Morgan fingerprint density at radius 3 is 2.82 bits per heavy atom. The summed E-state index contributed by atoms with van der Waals surface area (Å²) in [6, 6.07) is 5.74. The van der Waals surface area contributed by atoms with Gasteiger partial charge >= 0.3 is 5.97 Å². The third-order valence-electron chi connectivity index (χ3n) is 2.96. The first-order valence-electron chi connectivity index (χ1n) is 5.39. The van der Waals surface area contributed by atoms with Crippen LogP contribution in [0.25, 0.3) is 10.9 Å². The molecule has 0 aliphatic rings. The summed E-state index contributed by atoms with van der Waals surface area (Å²) >= 11 is 6.22. The summed E-state index contributed by atoms with van der Waals surface area (Å²) < 4.78 is 0. The third kappa shape index (κ3) is 2.29. The smallest absolute Gasteiger partial charge is 0.304 e. The average molecular weight is 252 g/mol. The maximum absolute atomic E-state index is 10.9. The maximum atomic E-state index is 10.9. The number of carboxylic acid groups (broad SMARTS) is 1. The maximum Gasteiger partial charge on any atom is 0.304 e. The van der Waals surface area contributed by atoms with Crippen LogP contribution in [0.2, 0.25) is 5.02 Å². The van der Waals surface area contributed by atoms with Gasteiger partial charge in [0.2, 0.25) is 0 Å². The van der Waals surface area contributed by atoms with Gasteiger partial charge in [-0.05, 0) is 23.8 Å². The first-order valence-corrected chi connectivity index (χ1v) is 5.77. The zero-order valence-corrected chi connectivity index (χ0v) is 10.5. The van der Waals surface area contributed by atoms with Crippen molar-refractivity contribution in [3.05, 3.63) is 35.0 Å². The number of fused-ring (bicyclic) bond motifs is 1. The first-order chi connectivity index (χ1) is 7.90. The predicted molar refractivity (Wildman–Crippen MR) is 68.6 cm³/mol. The lowest BCUT2D eigenvalue weighted by Crippen LogP contribution is -2.22. The highest BCUT2D eigenvalue weighted by Crippen LogP contribution is 2.35. The number of nitrogens with one attached hydrogen (secondary N) is 1. The fraction of sp³-hybridized carbons (Fsp3) is 0.308.